The molecule has 2 heterocycles. The number of carboxylic acids is 1. The lowest BCUT2D eigenvalue weighted by Crippen LogP contribution is -2.48. The first-order chi connectivity index (χ1) is 17.2. The number of nitrogens with zero attached hydrogens (tertiary/aromatic N) is 2. The van der Waals surface area contributed by atoms with Crippen molar-refractivity contribution in [1.82, 2.24) is 14.8 Å². The average Bonchev–Trinajstić information content (AvgIpc) is 3.34. The van der Waals surface area contributed by atoms with E-state index in [1.807, 2.05) is 24.3 Å². The molecular formula is C26H23ClFN3O5. The highest BCUT2D eigenvalue weighted by atomic mass is 35.5. The van der Waals surface area contributed by atoms with Gasteiger partial charge in [0.1, 0.15) is 18.4 Å². The van der Waals surface area contributed by atoms with Crippen molar-refractivity contribution in [3.8, 4) is 0 Å². The molecule has 0 radical (unpaired) electrons. The first-order valence-electron chi connectivity index (χ1n) is 11.5. The number of benzene rings is 2. The van der Waals surface area contributed by atoms with E-state index in [4.69, 9.17) is 11.6 Å². The van der Waals surface area contributed by atoms with Crippen molar-refractivity contribution in [3.63, 3.8) is 0 Å². The van der Waals surface area contributed by atoms with Crippen LogP contribution in [0.4, 0.5) is 4.39 Å². The Morgan fingerprint density at radius 3 is 2.64 bits per heavy atom. The summed E-state index contributed by atoms with van der Waals surface area (Å²) in [5.41, 5.74) is 1.05. The largest absolute Gasteiger partial charge is 0.478 e. The second kappa shape index (κ2) is 9.05. The molecule has 36 heavy (non-hydrogen) atoms. The molecule has 1 aliphatic carbocycles. The van der Waals surface area contributed by atoms with Crippen LogP contribution < -0.4 is 5.32 Å². The number of amides is 2. The van der Waals surface area contributed by atoms with Crippen molar-refractivity contribution >= 4 is 46.1 Å². The number of carbonyl (C=O) groups excluding carboxylic acids is 3. The lowest BCUT2D eigenvalue weighted by Gasteiger charge is -2.27. The number of hydrogen-bond acceptors (Lipinski definition) is 4. The summed E-state index contributed by atoms with van der Waals surface area (Å²) in [5, 5.41) is 12.2. The van der Waals surface area contributed by atoms with Crippen molar-refractivity contribution in [3.05, 3.63) is 70.1 Å². The summed E-state index contributed by atoms with van der Waals surface area (Å²) in [6.07, 6.45) is 3.00. The maximum absolute atomic E-state index is 14.4. The fourth-order valence-electron chi connectivity index (χ4n) is 5.13. The highest BCUT2D eigenvalue weighted by molar-refractivity contribution is 6.31. The predicted molar refractivity (Wildman–Crippen MR) is 129 cm³/mol. The summed E-state index contributed by atoms with van der Waals surface area (Å²) in [6.45, 7) is 1.20. The van der Waals surface area contributed by atoms with Gasteiger partial charge in [0.2, 0.25) is 11.8 Å². The third-order valence-corrected chi connectivity index (χ3v) is 7.25. The molecule has 186 valence electrons. The Kier molecular flexibility index (Phi) is 6.04. The number of likely N-dealkylation sites (tertiary alicyclic amines) is 1. The van der Waals surface area contributed by atoms with Crippen LogP contribution in [0.25, 0.3) is 10.9 Å². The van der Waals surface area contributed by atoms with Crippen molar-refractivity contribution in [2.45, 2.75) is 44.9 Å². The van der Waals surface area contributed by atoms with E-state index >= 15 is 0 Å². The van der Waals surface area contributed by atoms with E-state index < -0.39 is 23.7 Å². The molecule has 2 N–H and O–H groups in total. The summed E-state index contributed by atoms with van der Waals surface area (Å²) >= 11 is 5.81. The number of piperidine rings is 1. The SMILES string of the molecule is CC(=O)c1cn(CC(=O)N2[C@@H]3C[C@@H]3C[C@H]2C(=O)NCc2cc(C(=O)O)cc(Cl)c2F)c2ccccc12. The monoisotopic (exact) mass is 511 g/mol. The van der Waals surface area contributed by atoms with Gasteiger partial charge in [0.15, 0.2) is 5.78 Å². The van der Waals surface area contributed by atoms with Crippen LogP contribution in [-0.2, 0) is 22.7 Å². The summed E-state index contributed by atoms with van der Waals surface area (Å²) in [6, 6.07) is 8.75. The summed E-state index contributed by atoms with van der Waals surface area (Å²) in [5.74, 6) is -2.60. The van der Waals surface area contributed by atoms with Crippen LogP contribution in [0.3, 0.4) is 0 Å². The summed E-state index contributed by atoms with van der Waals surface area (Å²) in [7, 11) is 0. The molecule has 8 nitrogen and oxygen atoms in total. The normalized spacial score (nSPS) is 20.3. The quantitative estimate of drug-likeness (QED) is 0.471. The van der Waals surface area contributed by atoms with Crippen molar-refractivity contribution < 1.29 is 28.7 Å². The Morgan fingerprint density at radius 1 is 1.17 bits per heavy atom. The van der Waals surface area contributed by atoms with Gasteiger partial charge in [0, 0.05) is 40.8 Å². The van der Waals surface area contributed by atoms with E-state index in [0.717, 1.165) is 29.5 Å². The molecular weight excluding hydrogens is 489 g/mol. The Balaban J connectivity index is 1.33. The number of Topliss-reactive ketones (excluding diaryl/α,β-unsaturated/α-hetero) is 1. The van der Waals surface area contributed by atoms with E-state index in [1.165, 1.54) is 6.92 Å². The van der Waals surface area contributed by atoms with E-state index in [0.29, 0.717) is 12.0 Å². The number of halogens is 2. The number of fused-ring (bicyclic) bond motifs is 2. The lowest BCUT2D eigenvalue weighted by atomic mass is 10.1. The van der Waals surface area contributed by atoms with Gasteiger partial charge in [-0.25, -0.2) is 9.18 Å². The fourth-order valence-corrected chi connectivity index (χ4v) is 5.37. The maximum atomic E-state index is 14.4. The third-order valence-electron chi connectivity index (χ3n) is 6.97. The number of carbonyl (C=O) groups is 4. The number of hydrogen-bond donors (Lipinski definition) is 2. The Labute approximate surface area is 210 Å². The van der Waals surface area contributed by atoms with Gasteiger partial charge in [-0.1, -0.05) is 29.8 Å². The number of aromatic carboxylic acids is 1. The summed E-state index contributed by atoms with van der Waals surface area (Å²) < 4.78 is 16.1. The van der Waals surface area contributed by atoms with Gasteiger partial charge in [-0.05, 0) is 43.9 Å². The minimum Gasteiger partial charge on any atom is -0.478 e. The molecule has 0 unspecified atom stereocenters. The second-order valence-electron chi connectivity index (χ2n) is 9.31. The fraction of sp³-hybridized carbons (Fsp3) is 0.308. The molecule has 0 bridgehead atoms. The molecule has 5 rings (SSSR count). The minimum absolute atomic E-state index is 0.0221. The summed E-state index contributed by atoms with van der Waals surface area (Å²) in [4.78, 5) is 51.4. The zero-order valence-corrected chi connectivity index (χ0v) is 20.1. The molecule has 1 aromatic heterocycles. The highest BCUT2D eigenvalue weighted by Gasteiger charge is 2.55. The highest BCUT2D eigenvalue weighted by Crippen LogP contribution is 2.48. The molecule has 2 fully saturated rings. The number of ketones is 1. The van der Waals surface area contributed by atoms with Crippen LogP contribution >= 0.6 is 11.6 Å². The molecule has 3 atom stereocenters. The molecule has 2 aliphatic rings. The van der Waals surface area contributed by atoms with Crippen LogP contribution in [0.5, 0.6) is 0 Å². The molecule has 1 saturated heterocycles. The van der Waals surface area contributed by atoms with Crippen LogP contribution in [0.1, 0.15) is 46.0 Å². The number of rotatable bonds is 7. The zero-order chi connectivity index (χ0) is 25.7. The molecule has 10 heteroatoms. The number of aromatic nitrogens is 1. The van der Waals surface area contributed by atoms with Gasteiger partial charge in [0.25, 0.3) is 0 Å². The van der Waals surface area contributed by atoms with Crippen LogP contribution in [0, 0.1) is 11.7 Å². The van der Waals surface area contributed by atoms with Gasteiger partial charge in [-0.2, -0.15) is 0 Å². The Bertz CT molecular complexity index is 1430. The third kappa shape index (κ3) is 4.24. The molecule has 2 amide bonds. The Hall–Kier alpha value is -3.72. The molecule has 1 saturated carbocycles. The predicted octanol–water partition coefficient (Wildman–Crippen LogP) is 3.64. The van der Waals surface area contributed by atoms with Crippen LogP contribution in [0.2, 0.25) is 5.02 Å². The topological polar surface area (TPSA) is 109 Å². The van der Waals surface area contributed by atoms with E-state index in [-0.39, 0.29) is 52.9 Å². The number of para-hydroxylation sites is 1. The van der Waals surface area contributed by atoms with Crippen LogP contribution in [0.15, 0.2) is 42.6 Å². The first-order valence-corrected chi connectivity index (χ1v) is 11.9. The lowest BCUT2D eigenvalue weighted by molar-refractivity contribution is -0.140. The van der Waals surface area contributed by atoms with Gasteiger partial charge in [-0.15, -0.1) is 0 Å². The van der Waals surface area contributed by atoms with Crippen molar-refractivity contribution in [2.24, 2.45) is 5.92 Å². The standard InChI is InChI=1S/C26H23ClFN3O5/c1-13(32)18-11-30(20-5-3-2-4-17(18)20)12-23(33)31-21-8-14(21)9-22(31)25(34)29-10-16-6-15(26(35)36)7-19(27)24(16)28/h2-7,11,14,21-22H,8-10,12H2,1H3,(H,29,34)(H,35,36)/t14-,21-,22+/m1/s1. The molecule has 2 aromatic carbocycles. The zero-order valence-electron chi connectivity index (χ0n) is 19.3. The maximum Gasteiger partial charge on any atom is 0.335 e. The van der Waals surface area contributed by atoms with Gasteiger partial charge >= 0.3 is 5.97 Å². The molecule has 3 aromatic rings. The van der Waals surface area contributed by atoms with Crippen molar-refractivity contribution in [2.75, 3.05) is 0 Å². The van der Waals surface area contributed by atoms with Gasteiger partial charge < -0.3 is 19.9 Å². The van der Waals surface area contributed by atoms with E-state index in [9.17, 15) is 28.7 Å². The van der Waals surface area contributed by atoms with Gasteiger partial charge in [0.05, 0.1) is 10.6 Å². The molecule has 0 spiro atoms. The van der Waals surface area contributed by atoms with Gasteiger partial charge in [-0.3, -0.25) is 14.4 Å². The van der Waals surface area contributed by atoms with Crippen molar-refractivity contribution in [1.29, 1.82) is 0 Å². The smallest absolute Gasteiger partial charge is 0.335 e. The number of carboxylic acid groups (broad SMARTS) is 1. The minimum atomic E-state index is -1.26. The Morgan fingerprint density at radius 2 is 1.92 bits per heavy atom. The van der Waals surface area contributed by atoms with Crippen LogP contribution in [-0.4, -0.2) is 50.2 Å². The number of nitrogens with one attached hydrogen (secondary N) is 1. The second-order valence-corrected chi connectivity index (χ2v) is 9.72. The van der Waals surface area contributed by atoms with E-state index in [2.05, 4.69) is 5.32 Å². The average molecular weight is 512 g/mol. The molecule has 1 aliphatic heterocycles. The first kappa shape index (κ1) is 24.0. The van der Waals surface area contributed by atoms with E-state index in [1.54, 1.807) is 15.7 Å².